The zero-order valence-corrected chi connectivity index (χ0v) is 32.6. The van der Waals surface area contributed by atoms with E-state index in [1.54, 1.807) is 7.11 Å². The van der Waals surface area contributed by atoms with Gasteiger partial charge in [-0.05, 0) is 81.2 Å². The van der Waals surface area contributed by atoms with E-state index in [0.29, 0.717) is 46.9 Å². The molecule has 4 atom stereocenters. The average Bonchev–Trinajstić information content (AvgIpc) is 3.91. The molecule has 3 amide bonds. The van der Waals surface area contributed by atoms with Crippen LogP contribution in [0.1, 0.15) is 63.4 Å². The highest BCUT2D eigenvalue weighted by Crippen LogP contribution is 2.35. The van der Waals surface area contributed by atoms with Gasteiger partial charge in [-0.25, -0.2) is 14.6 Å². The number of methoxy groups -OCH3 is 1. The summed E-state index contributed by atoms with van der Waals surface area (Å²) in [5, 5.41) is 16.4. The first-order chi connectivity index (χ1) is 28.2. The number of nitrogens with zero attached hydrogens (tertiary/aromatic N) is 2. The number of allylic oxidation sites excluding steroid dienone is 2. The zero-order valence-electron chi connectivity index (χ0n) is 32.6. The number of hydrogen-bond acceptors (Lipinski definition) is 9. The molecule has 13 heteroatoms. The van der Waals surface area contributed by atoms with Gasteiger partial charge in [0.1, 0.15) is 47.6 Å². The third-order valence-corrected chi connectivity index (χ3v) is 10.9. The number of carboxylic acids is 1. The lowest BCUT2D eigenvalue weighted by Gasteiger charge is -2.29. The molecule has 13 nitrogen and oxygen atoms in total. The first-order valence-electron chi connectivity index (χ1n) is 20.1. The number of hydrogen-bond donors (Lipinski definition) is 3. The lowest BCUT2D eigenvalue weighted by molar-refractivity contribution is -0.144. The smallest absolute Gasteiger partial charge is 0.408 e. The van der Waals surface area contributed by atoms with Crippen LogP contribution in [0.15, 0.2) is 91.0 Å². The van der Waals surface area contributed by atoms with E-state index >= 15 is 0 Å². The van der Waals surface area contributed by atoms with Crippen LogP contribution in [0.5, 0.6) is 17.2 Å². The third kappa shape index (κ3) is 10.1. The molecule has 304 valence electrons. The number of nitrogens with one attached hydrogen (secondary N) is 2. The molecule has 0 spiro atoms. The fraction of sp³-hybridized carbons (Fsp3) is 0.400. The number of ether oxygens (including phenoxy) is 4. The van der Waals surface area contributed by atoms with E-state index in [0.717, 1.165) is 49.7 Å². The van der Waals surface area contributed by atoms with Crippen molar-refractivity contribution < 1.29 is 43.2 Å². The summed E-state index contributed by atoms with van der Waals surface area (Å²) in [6, 6.07) is 20.9. The van der Waals surface area contributed by atoms with Crippen LogP contribution >= 0.6 is 0 Å². The highest BCUT2D eigenvalue weighted by molar-refractivity contribution is 5.94. The number of rotatable bonds is 7. The first-order valence-corrected chi connectivity index (χ1v) is 20.1. The summed E-state index contributed by atoms with van der Waals surface area (Å²) in [5.41, 5.74) is 2.89. The molecule has 7 rings (SSSR count). The van der Waals surface area contributed by atoms with Gasteiger partial charge in [0.25, 0.3) is 0 Å². The molecule has 3 aliphatic rings. The van der Waals surface area contributed by atoms with E-state index in [1.165, 1.54) is 4.90 Å². The quantitative estimate of drug-likeness (QED) is 0.173. The Morgan fingerprint density at radius 1 is 0.914 bits per heavy atom. The number of fused-ring (bicyclic) bond motifs is 4. The van der Waals surface area contributed by atoms with Crippen molar-refractivity contribution in [2.24, 2.45) is 0 Å². The second kappa shape index (κ2) is 18.9. The van der Waals surface area contributed by atoms with Crippen molar-refractivity contribution in [2.45, 2.75) is 94.5 Å². The average molecular weight is 791 g/mol. The molecule has 1 saturated carbocycles. The molecule has 58 heavy (non-hydrogen) atoms. The molecule has 1 aliphatic carbocycles. The summed E-state index contributed by atoms with van der Waals surface area (Å²) in [6.45, 7) is 0.441. The Hall–Kier alpha value is -6.11. The molecule has 1 aromatic heterocycles. The van der Waals surface area contributed by atoms with E-state index in [4.69, 9.17) is 23.9 Å². The van der Waals surface area contributed by atoms with Gasteiger partial charge in [-0.15, -0.1) is 0 Å². The van der Waals surface area contributed by atoms with E-state index < -0.39 is 48.1 Å². The van der Waals surface area contributed by atoms with Crippen molar-refractivity contribution in [3.05, 3.63) is 96.6 Å². The number of carbonyl (C=O) groups is 4. The largest absolute Gasteiger partial charge is 0.497 e. The Kier molecular flexibility index (Phi) is 13.1. The van der Waals surface area contributed by atoms with Crippen molar-refractivity contribution in [1.29, 1.82) is 0 Å². The Morgan fingerprint density at radius 3 is 2.52 bits per heavy atom. The minimum atomic E-state index is -1.19. The van der Waals surface area contributed by atoms with Crippen LogP contribution in [-0.4, -0.2) is 89.5 Å². The molecule has 0 unspecified atom stereocenters. The van der Waals surface area contributed by atoms with Gasteiger partial charge in [0.05, 0.1) is 31.5 Å². The summed E-state index contributed by atoms with van der Waals surface area (Å²) in [7, 11) is 1.58. The highest BCUT2D eigenvalue weighted by atomic mass is 16.6. The summed E-state index contributed by atoms with van der Waals surface area (Å²) in [5.74, 6) is -0.576. The maximum Gasteiger partial charge on any atom is 0.408 e. The van der Waals surface area contributed by atoms with Crippen molar-refractivity contribution in [1.82, 2.24) is 20.5 Å². The SMILES string of the molecule is COc1ccc2c(O[C@@H]3C[C@H]4C(=O)N[C@@H](C(=O)O)CC/C=C/CCCOc5cccc(c5)C[C@H](NC(=O)OC5CCCC5)C(=O)N4C3)cc(-c3ccccc3)nc2c1. The molecule has 2 aliphatic heterocycles. The van der Waals surface area contributed by atoms with Gasteiger partial charge in [0, 0.05) is 35.9 Å². The number of carboxylic acid groups (broad SMARTS) is 1. The number of aromatic nitrogens is 1. The Bertz CT molecular complexity index is 2120. The number of pyridine rings is 1. The standard InChI is InChI=1S/C45H50N4O9/c1-55-32-20-21-35-38(25-32)46-37(30-14-6-5-7-15-30)27-41(35)57-34-26-40-42(50)47-36(44(52)53)19-8-3-2-4-11-22-56-33-18-12-13-29(23-33)24-39(43(51)49(40)28-34)48-45(54)58-31-16-9-10-17-31/h2-3,5-7,12-15,18,20-21,23,25,27,31,34,36,39-40H,4,8-11,16-17,19,22,24,26,28H2,1H3,(H,47,50)(H,48,54)(H,52,53)/b3-2+/t34-,36-,39+,40+/m1/s1. The fourth-order valence-corrected chi connectivity index (χ4v) is 7.86. The van der Waals surface area contributed by atoms with Crippen LogP contribution in [0.2, 0.25) is 0 Å². The van der Waals surface area contributed by atoms with Crippen LogP contribution in [0, 0.1) is 0 Å². The zero-order chi connectivity index (χ0) is 40.4. The van der Waals surface area contributed by atoms with Crippen LogP contribution in [0.4, 0.5) is 4.79 Å². The summed E-state index contributed by atoms with van der Waals surface area (Å²) in [6.07, 6.45) is 7.88. The molecule has 0 radical (unpaired) electrons. The molecule has 3 heterocycles. The maximum atomic E-state index is 14.9. The van der Waals surface area contributed by atoms with Gasteiger partial charge in [-0.3, -0.25) is 9.59 Å². The van der Waals surface area contributed by atoms with Crippen LogP contribution in [0.3, 0.4) is 0 Å². The normalized spacial score (nSPS) is 22.7. The van der Waals surface area contributed by atoms with E-state index in [9.17, 15) is 24.3 Å². The van der Waals surface area contributed by atoms with Gasteiger partial charge < -0.3 is 39.6 Å². The molecular formula is C45H50N4O9. The van der Waals surface area contributed by atoms with E-state index in [1.807, 2.05) is 91.0 Å². The Balaban J connectivity index is 1.23. The first kappa shape index (κ1) is 40.1. The molecule has 4 aromatic rings. The van der Waals surface area contributed by atoms with E-state index in [-0.39, 0.29) is 31.9 Å². The van der Waals surface area contributed by atoms with E-state index in [2.05, 4.69) is 10.6 Å². The second-order valence-corrected chi connectivity index (χ2v) is 15.0. The van der Waals surface area contributed by atoms with Gasteiger partial charge in [-0.1, -0.05) is 54.6 Å². The Morgan fingerprint density at radius 2 is 1.72 bits per heavy atom. The molecule has 2 bridgehead atoms. The minimum absolute atomic E-state index is 0.0168. The molecule has 3 aromatic carbocycles. The monoisotopic (exact) mass is 790 g/mol. The van der Waals surface area contributed by atoms with Gasteiger partial charge >= 0.3 is 12.1 Å². The number of aliphatic carboxylic acids is 1. The van der Waals surface area contributed by atoms with Gasteiger partial charge in [-0.2, -0.15) is 0 Å². The predicted octanol–water partition coefficient (Wildman–Crippen LogP) is 6.62. The number of amides is 3. The van der Waals surface area contributed by atoms with Crippen LogP contribution in [-0.2, 0) is 25.5 Å². The fourth-order valence-electron chi connectivity index (χ4n) is 7.86. The number of carbonyl (C=O) groups excluding carboxylic acids is 3. The van der Waals surface area contributed by atoms with Gasteiger partial charge in [0.15, 0.2) is 0 Å². The van der Waals surface area contributed by atoms with Crippen molar-refractivity contribution in [2.75, 3.05) is 20.3 Å². The highest BCUT2D eigenvalue weighted by Gasteiger charge is 2.44. The molecular weight excluding hydrogens is 741 g/mol. The maximum absolute atomic E-state index is 14.9. The lowest BCUT2D eigenvalue weighted by Crippen LogP contribution is -2.56. The van der Waals surface area contributed by atoms with Crippen molar-refractivity contribution in [3.63, 3.8) is 0 Å². The molecule has 2 fully saturated rings. The second-order valence-electron chi connectivity index (χ2n) is 15.0. The minimum Gasteiger partial charge on any atom is -0.497 e. The third-order valence-electron chi connectivity index (χ3n) is 10.9. The summed E-state index contributed by atoms with van der Waals surface area (Å²) >= 11 is 0. The van der Waals surface area contributed by atoms with Crippen LogP contribution < -0.4 is 24.8 Å². The molecule has 3 N–H and O–H groups in total. The lowest BCUT2D eigenvalue weighted by atomic mass is 10.0. The van der Waals surface area contributed by atoms with Crippen LogP contribution in [0.25, 0.3) is 22.2 Å². The summed E-state index contributed by atoms with van der Waals surface area (Å²) < 4.78 is 24.0. The summed E-state index contributed by atoms with van der Waals surface area (Å²) in [4.78, 5) is 61.2. The van der Waals surface area contributed by atoms with Gasteiger partial charge in [0.2, 0.25) is 11.8 Å². The molecule has 1 saturated heterocycles. The Labute approximate surface area is 337 Å². The predicted molar refractivity (Wildman–Crippen MR) is 217 cm³/mol. The topological polar surface area (TPSA) is 166 Å². The van der Waals surface area contributed by atoms with Crippen molar-refractivity contribution in [3.8, 4) is 28.5 Å². The number of alkyl carbamates (subject to hydrolysis) is 1. The van der Waals surface area contributed by atoms with Crippen molar-refractivity contribution >= 4 is 34.8 Å². The number of benzene rings is 3.